The highest BCUT2D eigenvalue weighted by Crippen LogP contribution is 2.43. The lowest BCUT2D eigenvalue weighted by Gasteiger charge is -2.27. The van der Waals surface area contributed by atoms with E-state index in [-0.39, 0.29) is 37.4 Å². The average molecular weight is 416 g/mol. The molecule has 2 N–H and O–H groups in total. The van der Waals surface area contributed by atoms with E-state index in [0.29, 0.717) is 6.61 Å². The lowest BCUT2D eigenvalue weighted by Crippen LogP contribution is -2.39. The molecule has 29 heavy (non-hydrogen) atoms. The third-order valence-electron chi connectivity index (χ3n) is 4.78. The van der Waals surface area contributed by atoms with Gasteiger partial charge in [0.05, 0.1) is 18.6 Å². The Morgan fingerprint density at radius 1 is 1.17 bits per heavy atom. The van der Waals surface area contributed by atoms with Gasteiger partial charge in [-0.25, -0.2) is 4.79 Å². The van der Waals surface area contributed by atoms with Crippen LogP contribution in [0.5, 0.6) is 0 Å². The molecule has 2 atom stereocenters. The van der Waals surface area contributed by atoms with Gasteiger partial charge in [-0.2, -0.15) is 0 Å². The van der Waals surface area contributed by atoms with Crippen molar-refractivity contribution in [3.05, 3.63) is 52.2 Å². The zero-order chi connectivity index (χ0) is 20.8. The van der Waals surface area contributed by atoms with Gasteiger partial charge in [0, 0.05) is 30.1 Å². The first kappa shape index (κ1) is 20.9. The number of benzene rings is 1. The van der Waals surface area contributed by atoms with Crippen LogP contribution in [0.25, 0.3) is 0 Å². The Balaban J connectivity index is 1.72. The summed E-state index contributed by atoms with van der Waals surface area (Å²) in [5.74, 6) is -0.765. The minimum atomic E-state index is -0.514. The van der Waals surface area contributed by atoms with E-state index in [1.54, 1.807) is 11.8 Å². The number of thiophene rings is 1. The Bertz CT molecular complexity index is 851. The van der Waals surface area contributed by atoms with Crippen molar-refractivity contribution < 1.29 is 19.1 Å². The second-order valence-electron chi connectivity index (χ2n) is 6.81. The summed E-state index contributed by atoms with van der Waals surface area (Å²) in [7, 11) is 0. The highest BCUT2D eigenvalue weighted by molar-refractivity contribution is 7.10. The molecule has 1 aliphatic rings. The molecule has 0 radical (unpaired) electrons. The topological polar surface area (TPSA) is 87.7 Å². The maximum atomic E-state index is 12.9. The summed E-state index contributed by atoms with van der Waals surface area (Å²) in [6.07, 6.45) is -0.368. The number of rotatable bonds is 7. The molecule has 2 aromatic rings. The maximum absolute atomic E-state index is 12.9. The second-order valence-corrected chi connectivity index (χ2v) is 7.79. The number of aryl methyl sites for hydroxylation is 1. The monoisotopic (exact) mass is 415 g/mol. The second kappa shape index (κ2) is 9.56. The number of hydrogen-bond donors (Lipinski definition) is 2. The molecule has 3 rings (SSSR count). The lowest BCUT2D eigenvalue weighted by atomic mass is 9.97. The predicted molar refractivity (Wildman–Crippen MR) is 112 cm³/mol. The molecule has 1 aromatic carbocycles. The van der Waals surface area contributed by atoms with Crippen molar-refractivity contribution >= 4 is 34.9 Å². The molecular formula is C21H25N3O4S. The van der Waals surface area contributed by atoms with Gasteiger partial charge in [-0.05, 0) is 37.4 Å². The molecule has 0 spiro atoms. The summed E-state index contributed by atoms with van der Waals surface area (Å²) >= 11 is 1.54. The Kier molecular flexibility index (Phi) is 6.87. The zero-order valence-electron chi connectivity index (χ0n) is 16.5. The van der Waals surface area contributed by atoms with Crippen LogP contribution < -0.4 is 15.5 Å². The van der Waals surface area contributed by atoms with Gasteiger partial charge < -0.3 is 20.3 Å². The summed E-state index contributed by atoms with van der Waals surface area (Å²) in [6, 6.07) is 11.3. The van der Waals surface area contributed by atoms with Crippen LogP contribution in [-0.4, -0.2) is 37.6 Å². The molecule has 0 bridgehead atoms. The first-order valence-electron chi connectivity index (χ1n) is 9.61. The summed E-state index contributed by atoms with van der Waals surface area (Å²) in [6.45, 7) is 4.54. The number of nitrogens with one attached hydrogen (secondary N) is 2. The first-order valence-corrected chi connectivity index (χ1v) is 10.5. The lowest BCUT2D eigenvalue weighted by molar-refractivity contribution is -0.126. The van der Waals surface area contributed by atoms with Gasteiger partial charge in [0.1, 0.15) is 0 Å². The van der Waals surface area contributed by atoms with Crippen LogP contribution in [0.4, 0.5) is 10.5 Å². The van der Waals surface area contributed by atoms with Crippen LogP contribution in [-0.2, 0) is 14.3 Å². The Morgan fingerprint density at radius 3 is 2.55 bits per heavy atom. The summed E-state index contributed by atoms with van der Waals surface area (Å²) in [4.78, 5) is 39.7. The van der Waals surface area contributed by atoms with E-state index < -0.39 is 12.0 Å². The van der Waals surface area contributed by atoms with Gasteiger partial charge in [0.25, 0.3) is 0 Å². The number of carbonyl (C=O) groups excluding carboxylic acids is 3. The quantitative estimate of drug-likeness (QED) is 0.681. The zero-order valence-corrected chi connectivity index (χ0v) is 17.3. The number of hydrogen-bond acceptors (Lipinski definition) is 5. The van der Waals surface area contributed by atoms with Gasteiger partial charge in [0.15, 0.2) is 0 Å². The molecule has 1 aromatic heterocycles. The predicted octanol–water partition coefficient (Wildman–Crippen LogP) is 3.01. The van der Waals surface area contributed by atoms with Gasteiger partial charge >= 0.3 is 6.09 Å². The smallest absolute Gasteiger partial charge is 0.407 e. The van der Waals surface area contributed by atoms with E-state index in [1.807, 2.05) is 48.7 Å². The molecule has 0 saturated carbocycles. The van der Waals surface area contributed by atoms with Crippen LogP contribution in [0.2, 0.25) is 0 Å². The van der Waals surface area contributed by atoms with E-state index >= 15 is 0 Å². The molecule has 3 amide bonds. The maximum Gasteiger partial charge on any atom is 0.407 e. The molecule has 1 saturated heterocycles. The van der Waals surface area contributed by atoms with Crippen LogP contribution in [0, 0.1) is 12.8 Å². The van der Waals surface area contributed by atoms with Crippen molar-refractivity contribution in [2.45, 2.75) is 26.3 Å². The number of carbonyl (C=O) groups is 3. The third kappa shape index (κ3) is 4.95. The van der Waals surface area contributed by atoms with Crippen LogP contribution in [0.1, 0.15) is 29.8 Å². The normalized spacial score (nSPS) is 18.6. The van der Waals surface area contributed by atoms with Crippen molar-refractivity contribution in [1.29, 1.82) is 0 Å². The standard InChI is InChI=1S/C21H25N3O4S/c1-3-28-21(27)23-11-10-22-20(26)16-13-18(25)24(15-8-6-14(2)7-9-15)19(16)17-5-4-12-29-17/h4-9,12,16,19H,3,10-11,13H2,1-2H3,(H,22,26)(H,23,27). The molecule has 154 valence electrons. The van der Waals surface area contributed by atoms with Crippen molar-refractivity contribution in [2.75, 3.05) is 24.6 Å². The van der Waals surface area contributed by atoms with E-state index in [4.69, 9.17) is 4.74 Å². The van der Waals surface area contributed by atoms with Gasteiger partial charge in [-0.3, -0.25) is 9.59 Å². The third-order valence-corrected chi connectivity index (χ3v) is 5.72. The number of amides is 3. The molecule has 0 aliphatic carbocycles. The SMILES string of the molecule is CCOC(=O)NCCNC(=O)C1CC(=O)N(c2ccc(C)cc2)C1c1cccs1. The van der Waals surface area contributed by atoms with Crippen LogP contribution in [0.15, 0.2) is 41.8 Å². The largest absolute Gasteiger partial charge is 0.450 e. The number of ether oxygens (including phenoxy) is 1. The van der Waals surface area contributed by atoms with E-state index in [2.05, 4.69) is 10.6 Å². The highest BCUT2D eigenvalue weighted by Gasteiger charge is 2.45. The first-order chi connectivity index (χ1) is 14.0. The summed E-state index contributed by atoms with van der Waals surface area (Å²) in [5, 5.41) is 7.35. The minimum absolute atomic E-state index is 0.0722. The fourth-order valence-electron chi connectivity index (χ4n) is 3.43. The molecule has 8 heteroatoms. The van der Waals surface area contributed by atoms with Crippen LogP contribution >= 0.6 is 11.3 Å². The van der Waals surface area contributed by atoms with Crippen molar-refractivity contribution in [3.8, 4) is 0 Å². The molecule has 1 aliphatic heterocycles. The van der Waals surface area contributed by atoms with Crippen molar-refractivity contribution in [2.24, 2.45) is 5.92 Å². The molecule has 2 unspecified atom stereocenters. The molecular weight excluding hydrogens is 390 g/mol. The number of alkyl carbamates (subject to hydrolysis) is 1. The Morgan fingerprint density at radius 2 is 1.90 bits per heavy atom. The average Bonchev–Trinajstić information content (AvgIpc) is 3.33. The van der Waals surface area contributed by atoms with E-state index in [1.165, 1.54) is 11.3 Å². The van der Waals surface area contributed by atoms with Gasteiger partial charge in [-0.1, -0.05) is 23.8 Å². The Hall–Kier alpha value is -2.87. The Labute approximate surface area is 174 Å². The summed E-state index contributed by atoms with van der Waals surface area (Å²) < 4.78 is 4.79. The molecule has 1 fully saturated rings. The van der Waals surface area contributed by atoms with E-state index in [9.17, 15) is 14.4 Å². The van der Waals surface area contributed by atoms with Crippen molar-refractivity contribution in [3.63, 3.8) is 0 Å². The fraction of sp³-hybridized carbons (Fsp3) is 0.381. The van der Waals surface area contributed by atoms with E-state index in [0.717, 1.165) is 16.1 Å². The highest BCUT2D eigenvalue weighted by atomic mass is 32.1. The summed E-state index contributed by atoms with van der Waals surface area (Å²) in [5.41, 5.74) is 1.90. The molecule has 2 heterocycles. The number of anilines is 1. The van der Waals surface area contributed by atoms with Crippen molar-refractivity contribution in [1.82, 2.24) is 10.6 Å². The fourth-order valence-corrected chi connectivity index (χ4v) is 4.31. The van der Waals surface area contributed by atoms with Gasteiger partial charge in [-0.15, -0.1) is 11.3 Å². The van der Waals surface area contributed by atoms with Gasteiger partial charge in [0.2, 0.25) is 11.8 Å². The minimum Gasteiger partial charge on any atom is -0.450 e. The molecule has 7 nitrogen and oxygen atoms in total. The van der Waals surface area contributed by atoms with Crippen LogP contribution in [0.3, 0.4) is 0 Å². The number of nitrogens with zero attached hydrogens (tertiary/aromatic N) is 1.